The highest BCUT2D eigenvalue weighted by Crippen LogP contribution is 2.25. The summed E-state index contributed by atoms with van der Waals surface area (Å²) in [7, 11) is 1.84. The second kappa shape index (κ2) is 7.43. The minimum absolute atomic E-state index is 0.241. The average molecular weight is 394 g/mol. The summed E-state index contributed by atoms with van der Waals surface area (Å²) in [4.78, 5) is 21.6. The number of carbonyl (C=O) groups is 1. The lowest BCUT2D eigenvalue weighted by atomic mass is 10.2. The molecule has 0 bridgehead atoms. The number of thioether (sulfide) groups is 1. The monoisotopic (exact) mass is 394 g/mol. The van der Waals surface area contributed by atoms with Crippen molar-refractivity contribution in [3.8, 4) is 0 Å². The summed E-state index contributed by atoms with van der Waals surface area (Å²) >= 11 is 1.44. The Morgan fingerprint density at radius 3 is 2.93 bits per heavy atom. The lowest BCUT2D eigenvalue weighted by Crippen LogP contribution is -2.14. The van der Waals surface area contributed by atoms with Crippen LogP contribution >= 0.6 is 11.8 Å². The molecule has 4 heterocycles. The van der Waals surface area contributed by atoms with Gasteiger partial charge in [0.15, 0.2) is 5.65 Å². The van der Waals surface area contributed by atoms with Crippen molar-refractivity contribution in [2.24, 2.45) is 7.05 Å². The predicted molar refractivity (Wildman–Crippen MR) is 106 cm³/mol. The number of aryl methyl sites for hydroxylation is 3. The highest BCUT2D eigenvalue weighted by molar-refractivity contribution is 7.98. The van der Waals surface area contributed by atoms with Crippen LogP contribution in [0.4, 0.5) is 5.69 Å². The van der Waals surface area contributed by atoms with Crippen LogP contribution in [0.15, 0.2) is 46.2 Å². The molecule has 0 spiro atoms. The Morgan fingerprint density at radius 1 is 1.29 bits per heavy atom. The number of pyridine rings is 2. The molecule has 0 saturated heterocycles. The van der Waals surface area contributed by atoms with Crippen LogP contribution in [0.3, 0.4) is 0 Å². The van der Waals surface area contributed by atoms with E-state index in [0.29, 0.717) is 22.0 Å². The lowest BCUT2D eigenvalue weighted by molar-refractivity contribution is 0.102. The largest absolute Gasteiger partial charge is 0.361 e. The van der Waals surface area contributed by atoms with Gasteiger partial charge in [-0.25, -0.2) is 9.97 Å². The van der Waals surface area contributed by atoms with Gasteiger partial charge in [-0.15, -0.1) is 0 Å². The third-order valence-corrected chi connectivity index (χ3v) is 5.21. The maximum absolute atomic E-state index is 12.8. The second-order valence-corrected chi connectivity index (χ2v) is 7.30. The molecular weight excluding hydrogens is 376 g/mol. The van der Waals surface area contributed by atoms with Gasteiger partial charge in [0.05, 0.1) is 28.8 Å². The third-order valence-electron chi connectivity index (χ3n) is 4.17. The van der Waals surface area contributed by atoms with Crippen molar-refractivity contribution in [1.29, 1.82) is 0 Å². The Hall–Kier alpha value is -3.20. The summed E-state index contributed by atoms with van der Waals surface area (Å²) in [6.45, 7) is 3.76. The second-order valence-electron chi connectivity index (χ2n) is 6.33. The van der Waals surface area contributed by atoms with Crippen LogP contribution < -0.4 is 5.32 Å². The van der Waals surface area contributed by atoms with Crippen molar-refractivity contribution in [3.63, 3.8) is 0 Å². The molecule has 0 aliphatic heterocycles. The van der Waals surface area contributed by atoms with E-state index in [4.69, 9.17) is 4.52 Å². The molecule has 0 atom stereocenters. The molecular formula is C19H18N6O2S. The SMILES string of the molecule is Cc1cc(CSc2ncccc2C(=O)Nc2cnc3c(c2)c(C)nn3C)no1. The molecule has 0 fully saturated rings. The zero-order valence-electron chi connectivity index (χ0n) is 15.6. The Morgan fingerprint density at radius 2 is 2.14 bits per heavy atom. The van der Waals surface area contributed by atoms with E-state index in [1.54, 1.807) is 29.2 Å². The topological polar surface area (TPSA) is 98.7 Å². The average Bonchev–Trinajstić information content (AvgIpc) is 3.23. The molecule has 9 heteroatoms. The third kappa shape index (κ3) is 3.61. The normalized spacial score (nSPS) is 11.1. The first kappa shape index (κ1) is 18.2. The van der Waals surface area contributed by atoms with Crippen LogP contribution in [0, 0.1) is 13.8 Å². The van der Waals surface area contributed by atoms with E-state index in [-0.39, 0.29) is 5.91 Å². The molecule has 1 amide bonds. The molecule has 1 N–H and O–H groups in total. The summed E-state index contributed by atoms with van der Waals surface area (Å²) < 4.78 is 6.80. The van der Waals surface area contributed by atoms with Crippen molar-refractivity contribution in [2.45, 2.75) is 24.6 Å². The number of nitrogens with one attached hydrogen (secondary N) is 1. The lowest BCUT2D eigenvalue weighted by Gasteiger charge is -2.08. The molecule has 0 unspecified atom stereocenters. The van der Waals surface area contributed by atoms with Gasteiger partial charge in [-0.2, -0.15) is 5.10 Å². The van der Waals surface area contributed by atoms with Crippen molar-refractivity contribution < 1.29 is 9.32 Å². The molecule has 0 aliphatic carbocycles. The van der Waals surface area contributed by atoms with Gasteiger partial charge in [-0.05, 0) is 32.0 Å². The minimum Gasteiger partial charge on any atom is -0.361 e. The number of nitrogens with zero attached hydrogens (tertiary/aromatic N) is 5. The van der Waals surface area contributed by atoms with E-state index < -0.39 is 0 Å². The maximum Gasteiger partial charge on any atom is 0.258 e. The first-order valence-corrected chi connectivity index (χ1v) is 9.60. The summed E-state index contributed by atoms with van der Waals surface area (Å²) in [5, 5.41) is 12.8. The fourth-order valence-electron chi connectivity index (χ4n) is 2.88. The number of carbonyl (C=O) groups excluding carboxylic acids is 1. The molecule has 0 aliphatic rings. The molecule has 0 saturated carbocycles. The van der Waals surface area contributed by atoms with Gasteiger partial charge in [0.2, 0.25) is 0 Å². The van der Waals surface area contributed by atoms with Crippen LogP contribution in [0.25, 0.3) is 11.0 Å². The maximum atomic E-state index is 12.8. The smallest absolute Gasteiger partial charge is 0.258 e. The van der Waals surface area contributed by atoms with Gasteiger partial charge < -0.3 is 9.84 Å². The molecule has 28 heavy (non-hydrogen) atoms. The first-order chi connectivity index (χ1) is 13.5. The molecule has 142 valence electrons. The molecule has 4 rings (SSSR count). The number of fused-ring (bicyclic) bond motifs is 1. The summed E-state index contributed by atoms with van der Waals surface area (Å²) in [5.41, 5.74) is 3.55. The zero-order chi connectivity index (χ0) is 19.7. The van der Waals surface area contributed by atoms with Crippen LogP contribution in [0.5, 0.6) is 0 Å². The molecule has 4 aromatic rings. The van der Waals surface area contributed by atoms with Crippen molar-refractivity contribution in [1.82, 2.24) is 24.9 Å². The van der Waals surface area contributed by atoms with Gasteiger partial charge in [0, 0.05) is 30.4 Å². The Kier molecular flexibility index (Phi) is 4.82. The van der Waals surface area contributed by atoms with Crippen LogP contribution in [-0.2, 0) is 12.8 Å². The number of rotatable bonds is 5. The van der Waals surface area contributed by atoms with E-state index in [0.717, 1.165) is 28.2 Å². The Bertz CT molecular complexity index is 1170. The van der Waals surface area contributed by atoms with Crippen molar-refractivity contribution in [2.75, 3.05) is 5.32 Å². The van der Waals surface area contributed by atoms with Gasteiger partial charge in [0.1, 0.15) is 10.8 Å². The quantitative estimate of drug-likeness (QED) is 0.517. The zero-order valence-corrected chi connectivity index (χ0v) is 16.4. The highest BCUT2D eigenvalue weighted by Gasteiger charge is 2.15. The molecule has 0 aromatic carbocycles. The summed E-state index contributed by atoms with van der Waals surface area (Å²) in [6, 6.07) is 7.24. The minimum atomic E-state index is -0.241. The number of anilines is 1. The van der Waals surface area contributed by atoms with Gasteiger partial charge in [0.25, 0.3) is 5.91 Å². The summed E-state index contributed by atoms with van der Waals surface area (Å²) in [5.74, 6) is 1.08. The Balaban J connectivity index is 1.54. The number of hydrogen-bond donors (Lipinski definition) is 1. The Labute approximate surface area is 165 Å². The van der Waals surface area contributed by atoms with E-state index in [9.17, 15) is 4.79 Å². The van der Waals surface area contributed by atoms with Crippen LogP contribution in [0.2, 0.25) is 0 Å². The van der Waals surface area contributed by atoms with E-state index >= 15 is 0 Å². The fraction of sp³-hybridized carbons (Fsp3) is 0.211. The number of aromatic nitrogens is 5. The highest BCUT2D eigenvalue weighted by atomic mass is 32.2. The van der Waals surface area contributed by atoms with Crippen LogP contribution in [0.1, 0.15) is 27.5 Å². The van der Waals surface area contributed by atoms with E-state index in [2.05, 4.69) is 25.5 Å². The van der Waals surface area contributed by atoms with Gasteiger partial charge >= 0.3 is 0 Å². The summed E-state index contributed by atoms with van der Waals surface area (Å²) in [6.07, 6.45) is 3.29. The molecule has 8 nitrogen and oxygen atoms in total. The molecule has 4 aromatic heterocycles. The standard InChI is InChI=1S/C19H18N6O2S/c1-11-7-14(24-27-11)10-28-19-15(5-4-6-20-19)18(26)22-13-8-16-12(2)23-25(3)17(16)21-9-13/h4-9H,10H2,1-3H3,(H,22,26). The van der Waals surface area contributed by atoms with E-state index in [1.165, 1.54) is 11.8 Å². The predicted octanol–water partition coefficient (Wildman–Crippen LogP) is 3.51. The number of amides is 1. The van der Waals surface area contributed by atoms with Crippen molar-refractivity contribution >= 4 is 34.4 Å². The fourth-order valence-corrected chi connectivity index (χ4v) is 3.75. The first-order valence-electron chi connectivity index (χ1n) is 8.62. The molecule has 0 radical (unpaired) electrons. The van der Waals surface area contributed by atoms with Crippen molar-refractivity contribution in [3.05, 3.63) is 59.4 Å². The van der Waals surface area contributed by atoms with Gasteiger partial charge in [-0.1, -0.05) is 16.9 Å². The number of hydrogen-bond acceptors (Lipinski definition) is 7. The van der Waals surface area contributed by atoms with E-state index in [1.807, 2.05) is 33.0 Å². The van der Waals surface area contributed by atoms with Gasteiger partial charge in [-0.3, -0.25) is 9.48 Å². The van der Waals surface area contributed by atoms with Crippen LogP contribution in [-0.4, -0.2) is 30.8 Å².